The van der Waals surface area contributed by atoms with Gasteiger partial charge in [-0.1, -0.05) is 5.16 Å². The fourth-order valence-corrected chi connectivity index (χ4v) is 2.89. The van der Waals surface area contributed by atoms with Crippen LogP contribution in [0.25, 0.3) is 22.8 Å². The van der Waals surface area contributed by atoms with E-state index in [2.05, 4.69) is 20.0 Å². The minimum Gasteiger partial charge on any atom is -0.497 e. The van der Waals surface area contributed by atoms with E-state index in [0.29, 0.717) is 11.7 Å². The summed E-state index contributed by atoms with van der Waals surface area (Å²) in [6.07, 6.45) is 2.75. The van der Waals surface area contributed by atoms with Crippen molar-refractivity contribution in [3.05, 3.63) is 42.6 Å². The second-order valence-corrected chi connectivity index (χ2v) is 6.05. The smallest absolute Gasteiger partial charge is 0.259 e. The number of anilines is 1. The Bertz CT molecular complexity index is 845. The molecule has 1 unspecified atom stereocenters. The zero-order valence-electron chi connectivity index (χ0n) is 13.9. The highest BCUT2D eigenvalue weighted by Crippen LogP contribution is 2.25. The van der Waals surface area contributed by atoms with E-state index < -0.39 is 0 Å². The molecule has 7 nitrogen and oxygen atoms in total. The molecule has 128 valence electrons. The number of hydrogen-bond donors (Lipinski definition) is 1. The molecule has 1 fully saturated rings. The number of ether oxygens (including phenoxy) is 1. The van der Waals surface area contributed by atoms with Gasteiger partial charge < -0.3 is 19.9 Å². The Morgan fingerprint density at radius 2 is 1.96 bits per heavy atom. The summed E-state index contributed by atoms with van der Waals surface area (Å²) in [5.74, 6) is 2.69. The number of nitrogens with zero attached hydrogens (tertiary/aromatic N) is 4. The minimum absolute atomic E-state index is 0.226. The maximum absolute atomic E-state index is 5.95. The minimum atomic E-state index is 0.226. The van der Waals surface area contributed by atoms with E-state index >= 15 is 0 Å². The van der Waals surface area contributed by atoms with Crippen LogP contribution in [0.5, 0.6) is 5.75 Å². The SMILES string of the molecule is COc1ccc(-c2noc(-c3ccc(N4CCC(N)C4)nc3)n2)cc1. The van der Waals surface area contributed by atoms with Gasteiger partial charge >= 0.3 is 0 Å². The Balaban J connectivity index is 1.53. The van der Waals surface area contributed by atoms with E-state index in [9.17, 15) is 0 Å². The Labute approximate surface area is 145 Å². The maximum atomic E-state index is 5.95. The summed E-state index contributed by atoms with van der Waals surface area (Å²) < 4.78 is 10.5. The third-order valence-electron chi connectivity index (χ3n) is 4.32. The molecule has 3 aromatic rings. The van der Waals surface area contributed by atoms with E-state index in [-0.39, 0.29) is 6.04 Å². The van der Waals surface area contributed by atoms with Gasteiger partial charge in [0.25, 0.3) is 5.89 Å². The van der Waals surface area contributed by atoms with Crippen LogP contribution in [-0.4, -0.2) is 41.4 Å². The van der Waals surface area contributed by atoms with Crippen LogP contribution in [0.4, 0.5) is 5.82 Å². The standard InChI is InChI=1S/C18H19N5O2/c1-24-15-5-2-12(3-6-15)17-21-18(25-22-17)13-4-7-16(20-10-13)23-9-8-14(19)11-23/h2-7,10,14H,8-9,11,19H2,1H3. The summed E-state index contributed by atoms with van der Waals surface area (Å²) in [6.45, 7) is 1.78. The van der Waals surface area contributed by atoms with Crippen LogP contribution in [-0.2, 0) is 0 Å². The molecule has 0 bridgehead atoms. The average molecular weight is 337 g/mol. The predicted octanol–water partition coefficient (Wildman–Crippen LogP) is 2.34. The van der Waals surface area contributed by atoms with Gasteiger partial charge in [-0.05, 0) is 42.8 Å². The fourth-order valence-electron chi connectivity index (χ4n) is 2.89. The highest BCUT2D eigenvalue weighted by atomic mass is 16.5. The van der Waals surface area contributed by atoms with Gasteiger partial charge in [0.1, 0.15) is 11.6 Å². The Hall–Kier alpha value is -2.93. The Morgan fingerprint density at radius 1 is 1.16 bits per heavy atom. The Morgan fingerprint density at radius 3 is 2.60 bits per heavy atom. The quantitative estimate of drug-likeness (QED) is 0.781. The molecule has 1 aliphatic rings. The van der Waals surface area contributed by atoms with Gasteiger partial charge in [0.15, 0.2) is 0 Å². The summed E-state index contributed by atoms with van der Waals surface area (Å²) in [7, 11) is 1.63. The van der Waals surface area contributed by atoms with Gasteiger partial charge in [-0.3, -0.25) is 0 Å². The predicted molar refractivity (Wildman–Crippen MR) is 94.3 cm³/mol. The third-order valence-corrected chi connectivity index (χ3v) is 4.32. The largest absolute Gasteiger partial charge is 0.497 e. The van der Waals surface area contributed by atoms with Gasteiger partial charge in [-0.15, -0.1) is 0 Å². The first-order valence-electron chi connectivity index (χ1n) is 8.18. The second kappa shape index (κ2) is 6.52. The van der Waals surface area contributed by atoms with E-state index in [1.807, 2.05) is 36.4 Å². The van der Waals surface area contributed by atoms with Crippen molar-refractivity contribution in [3.8, 4) is 28.6 Å². The molecule has 1 aliphatic heterocycles. The first kappa shape index (κ1) is 15.6. The normalized spacial score (nSPS) is 17.0. The molecule has 7 heteroatoms. The van der Waals surface area contributed by atoms with Crippen molar-refractivity contribution in [1.82, 2.24) is 15.1 Å². The van der Waals surface area contributed by atoms with E-state index in [0.717, 1.165) is 42.2 Å². The van der Waals surface area contributed by atoms with Crippen molar-refractivity contribution in [2.75, 3.05) is 25.1 Å². The van der Waals surface area contributed by atoms with Crippen LogP contribution < -0.4 is 15.4 Å². The lowest BCUT2D eigenvalue weighted by Gasteiger charge is -2.16. The van der Waals surface area contributed by atoms with Crippen LogP contribution in [0.2, 0.25) is 0 Å². The Kier molecular flexibility index (Phi) is 4.07. The zero-order valence-corrected chi connectivity index (χ0v) is 13.9. The van der Waals surface area contributed by atoms with E-state index in [4.69, 9.17) is 15.0 Å². The van der Waals surface area contributed by atoms with Crippen molar-refractivity contribution < 1.29 is 9.26 Å². The number of pyridine rings is 1. The first-order chi connectivity index (χ1) is 12.2. The molecule has 2 N–H and O–H groups in total. The summed E-state index contributed by atoms with van der Waals surface area (Å²) in [4.78, 5) is 11.1. The summed E-state index contributed by atoms with van der Waals surface area (Å²) in [5, 5.41) is 4.05. The van der Waals surface area contributed by atoms with Crippen molar-refractivity contribution in [3.63, 3.8) is 0 Å². The summed E-state index contributed by atoms with van der Waals surface area (Å²) in [5.41, 5.74) is 7.61. The van der Waals surface area contributed by atoms with Crippen LogP contribution in [0.3, 0.4) is 0 Å². The van der Waals surface area contributed by atoms with Crippen molar-refractivity contribution in [2.24, 2.45) is 5.73 Å². The molecule has 0 amide bonds. The molecule has 3 heterocycles. The van der Waals surface area contributed by atoms with E-state index in [1.165, 1.54) is 0 Å². The van der Waals surface area contributed by atoms with Crippen molar-refractivity contribution in [1.29, 1.82) is 0 Å². The lowest BCUT2D eigenvalue weighted by Crippen LogP contribution is -2.26. The van der Waals surface area contributed by atoms with Crippen molar-refractivity contribution >= 4 is 5.82 Å². The molecular weight excluding hydrogens is 318 g/mol. The second-order valence-electron chi connectivity index (χ2n) is 6.05. The lowest BCUT2D eigenvalue weighted by molar-refractivity contribution is 0.415. The van der Waals surface area contributed by atoms with Crippen LogP contribution in [0, 0.1) is 0 Å². The molecule has 1 atom stereocenters. The number of methoxy groups -OCH3 is 1. The molecular formula is C18H19N5O2. The van der Waals surface area contributed by atoms with Gasteiger partial charge in [0.2, 0.25) is 5.82 Å². The molecule has 1 saturated heterocycles. The van der Waals surface area contributed by atoms with Crippen LogP contribution in [0.15, 0.2) is 47.1 Å². The average Bonchev–Trinajstić information content (AvgIpc) is 3.31. The fraction of sp³-hybridized carbons (Fsp3) is 0.278. The van der Waals surface area contributed by atoms with Gasteiger partial charge in [-0.2, -0.15) is 4.98 Å². The lowest BCUT2D eigenvalue weighted by atomic mass is 10.2. The summed E-state index contributed by atoms with van der Waals surface area (Å²) in [6, 6.07) is 11.6. The van der Waals surface area contributed by atoms with Crippen molar-refractivity contribution in [2.45, 2.75) is 12.5 Å². The van der Waals surface area contributed by atoms with E-state index in [1.54, 1.807) is 13.3 Å². The number of benzene rings is 1. The number of rotatable bonds is 4. The molecule has 25 heavy (non-hydrogen) atoms. The highest BCUT2D eigenvalue weighted by molar-refractivity contribution is 5.61. The van der Waals surface area contributed by atoms with Gasteiger partial charge in [-0.25, -0.2) is 4.98 Å². The van der Waals surface area contributed by atoms with Crippen LogP contribution in [0.1, 0.15) is 6.42 Å². The first-order valence-corrected chi connectivity index (χ1v) is 8.18. The maximum Gasteiger partial charge on any atom is 0.259 e. The molecule has 0 spiro atoms. The monoisotopic (exact) mass is 337 g/mol. The van der Waals surface area contributed by atoms with Gasteiger partial charge in [0, 0.05) is 30.9 Å². The molecule has 2 aromatic heterocycles. The molecule has 1 aromatic carbocycles. The number of hydrogen-bond acceptors (Lipinski definition) is 7. The molecule has 0 aliphatic carbocycles. The summed E-state index contributed by atoms with van der Waals surface area (Å²) >= 11 is 0. The zero-order chi connectivity index (χ0) is 17.2. The molecule has 4 rings (SSSR count). The van der Waals surface area contributed by atoms with Gasteiger partial charge in [0.05, 0.1) is 12.7 Å². The number of aromatic nitrogens is 3. The third kappa shape index (κ3) is 3.18. The molecule has 0 saturated carbocycles. The molecule has 0 radical (unpaired) electrons. The number of nitrogens with two attached hydrogens (primary N) is 1. The highest BCUT2D eigenvalue weighted by Gasteiger charge is 2.20. The topological polar surface area (TPSA) is 90.3 Å². The van der Waals surface area contributed by atoms with Crippen LogP contribution >= 0.6 is 0 Å².